The van der Waals surface area contributed by atoms with Crippen molar-refractivity contribution in [2.45, 2.75) is 6.42 Å². The number of anilines is 2. The van der Waals surface area contributed by atoms with Crippen molar-refractivity contribution in [1.82, 2.24) is 9.88 Å². The van der Waals surface area contributed by atoms with E-state index in [2.05, 4.69) is 15.2 Å². The summed E-state index contributed by atoms with van der Waals surface area (Å²) in [6.45, 7) is 3.97. The molecule has 7 heteroatoms. The Balaban J connectivity index is 1.22. The van der Waals surface area contributed by atoms with Crippen LogP contribution in [0.2, 0.25) is 0 Å². The molecule has 0 unspecified atom stereocenters. The zero-order valence-electron chi connectivity index (χ0n) is 14.6. The van der Waals surface area contributed by atoms with E-state index in [1.54, 1.807) is 6.20 Å². The Morgan fingerprint density at radius 2 is 1.92 bits per heavy atom. The molecule has 2 aliphatic heterocycles. The van der Waals surface area contributed by atoms with Crippen LogP contribution >= 0.6 is 0 Å². The number of ether oxygens (including phenoxy) is 2. The van der Waals surface area contributed by atoms with E-state index < -0.39 is 0 Å². The molecule has 0 aliphatic carbocycles. The zero-order valence-corrected chi connectivity index (χ0v) is 14.6. The number of amides is 1. The van der Waals surface area contributed by atoms with E-state index in [4.69, 9.17) is 9.47 Å². The Hall–Kier alpha value is -2.96. The fraction of sp³-hybridized carbons (Fsp3) is 0.368. The van der Waals surface area contributed by atoms with Gasteiger partial charge in [0.2, 0.25) is 12.7 Å². The Labute approximate surface area is 152 Å². The fourth-order valence-corrected chi connectivity index (χ4v) is 3.20. The maximum Gasteiger partial charge on any atom is 0.231 e. The summed E-state index contributed by atoms with van der Waals surface area (Å²) in [5.74, 6) is 2.66. The summed E-state index contributed by atoms with van der Waals surface area (Å²) in [4.78, 5) is 20.9. The molecule has 1 aromatic carbocycles. The topological polar surface area (TPSA) is 66.9 Å². The molecule has 1 saturated heterocycles. The number of aromatic nitrogens is 1. The van der Waals surface area contributed by atoms with Crippen LogP contribution in [-0.4, -0.2) is 55.3 Å². The zero-order chi connectivity index (χ0) is 17.8. The summed E-state index contributed by atoms with van der Waals surface area (Å²) in [6, 6.07) is 11.6. The second kappa shape index (κ2) is 7.51. The van der Waals surface area contributed by atoms with Gasteiger partial charge in [0.25, 0.3) is 0 Å². The van der Waals surface area contributed by atoms with Crippen LogP contribution in [0.15, 0.2) is 42.6 Å². The van der Waals surface area contributed by atoms with Crippen molar-refractivity contribution in [3.8, 4) is 11.5 Å². The summed E-state index contributed by atoms with van der Waals surface area (Å²) in [5.41, 5.74) is 0.932. The van der Waals surface area contributed by atoms with Gasteiger partial charge < -0.3 is 24.6 Å². The molecule has 3 heterocycles. The molecule has 0 atom stereocenters. The number of benzene rings is 1. The number of carbonyl (C=O) groups excluding carboxylic acids is 1. The first kappa shape index (κ1) is 16.5. The van der Waals surface area contributed by atoms with Gasteiger partial charge in [-0.15, -0.1) is 0 Å². The van der Waals surface area contributed by atoms with Gasteiger partial charge in [-0.25, -0.2) is 4.98 Å². The van der Waals surface area contributed by atoms with Gasteiger partial charge in [-0.2, -0.15) is 0 Å². The number of pyridine rings is 1. The maximum absolute atomic E-state index is 12.4. The van der Waals surface area contributed by atoms with Crippen LogP contribution in [0.3, 0.4) is 0 Å². The monoisotopic (exact) mass is 354 g/mol. The van der Waals surface area contributed by atoms with Crippen molar-refractivity contribution in [3.63, 3.8) is 0 Å². The van der Waals surface area contributed by atoms with Crippen molar-refractivity contribution in [1.29, 1.82) is 0 Å². The van der Waals surface area contributed by atoms with Crippen molar-refractivity contribution >= 4 is 17.4 Å². The first-order valence-corrected chi connectivity index (χ1v) is 8.87. The van der Waals surface area contributed by atoms with Gasteiger partial charge >= 0.3 is 0 Å². The lowest BCUT2D eigenvalue weighted by Crippen LogP contribution is -2.49. The Morgan fingerprint density at radius 1 is 1.08 bits per heavy atom. The second-order valence-corrected chi connectivity index (χ2v) is 6.30. The highest BCUT2D eigenvalue weighted by atomic mass is 16.7. The highest BCUT2D eigenvalue weighted by molar-refractivity contribution is 5.77. The number of fused-ring (bicyclic) bond motifs is 1. The second-order valence-electron chi connectivity index (χ2n) is 6.30. The Morgan fingerprint density at radius 3 is 2.73 bits per heavy atom. The van der Waals surface area contributed by atoms with Crippen molar-refractivity contribution in [2.24, 2.45) is 0 Å². The SMILES string of the molecule is O=C(CCNc1ccc2c(c1)OCO2)N1CCN(c2ccccn2)CC1. The number of nitrogens with zero attached hydrogens (tertiary/aromatic N) is 3. The number of carbonyl (C=O) groups is 1. The minimum Gasteiger partial charge on any atom is -0.454 e. The van der Waals surface area contributed by atoms with Gasteiger partial charge in [0.05, 0.1) is 0 Å². The summed E-state index contributed by atoms with van der Waals surface area (Å²) < 4.78 is 10.7. The molecule has 1 amide bonds. The van der Waals surface area contributed by atoms with E-state index >= 15 is 0 Å². The smallest absolute Gasteiger partial charge is 0.231 e. The lowest BCUT2D eigenvalue weighted by Gasteiger charge is -2.35. The average Bonchev–Trinajstić information content (AvgIpc) is 3.16. The normalized spacial score (nSPS) is 15.8. The Kier molecular flexibility index (Phi) is 4.77. The molecule has 0 bridgehead atoms. The van der Waals surface area contributed by atoms with E-state index in [0.717, 1.165) is 49.2 Å². The fourth-order valence-electron chi connectivity index (χ4n) is 3.20. The van der Waals surface area contributed by atoms with Crippen LogP contribution in [-0.2, 0) is 4.79 Å². The first-order valence-electron chi connectivity index (χ1n) is 8.87. The van der Waals surface area contributed by atoms with E-state index in [1.165, 1.54) is 0 Å². The molecule has 1 fully saturated rings. The molecule has 7 nitrogen and oxygen atoms in total. The molecule has 136 valence electrons. The van der Waals surface area contributed by atoms with Crippen molar-refractivity contribution in [3.05, 3.63) is 42.6 Å². The minimum absolute atomic E-state index is 0.180. The highest BCUT2D eigenvalue weighted by Crippen LogP contribution is 2.34. The molecule has 4 rings (SSSR count). The van der Waals surface area contributed by atoms with Crippen LogP contribution in [0.5, 0.6) is 11.5 Å². The molecule has 2 aliphatic rings. The molecule has 0 saturated carbocycles. The van der Waals surface area contributed by atoms with Gasteiger partial charge in [0, 0.05) is 57.1 Å². The number of rotatable bonds is 5. The molecule has 0 radical (unpaired) electrons. The van der Waals surface area contributed by atoms with Gasteiger partial charge in [-0.05, 0) is 24.3 Å². The molecule has 26 heavy (non-hydrogen) atoms. The predicted octanol–water partition coefficient (Wildman–Crippen LogP) is 1.96. The van der Waals surface area contributed by atoms with Crippen LogP contribution in [0, 0.1) is 0 Å². The van der Waals surface area contributed by atoms with Gasteiger partial charge in [-0.1, -0.05) is 6.07 Å². The largest absolute Gasteiger partial charge is 0.454 e. The van der Waals surface area contributed by atoms with Crippen LogP contribution in [0.4, 0.5) is 11.5 Å². The van der Waals surface area contributed by atoms with E-state index in [9.17, 15) is 4.79 Å². The van der Waals surface area contributed by atoms with Crippen LogP contribution in [0.25, 0.3) is 0 Å². The van der Waals surface area contributed by atoms with Gasteiger partial charge in [0.1, 0.15) is 5.82 Å². The summed E-state index contributed by atoms with van der Waals surface area (Å²) in [7, 11) is 0. The molecule has 1 aromatic heterocycles. The van der Waals surface area contributed by atoms with Gasteiger partial charge in [0.15, 0.2) is 11.5 Å². The molecular weight excluding hydrogens is 332 g/mol. The highest BCUT2D eigenvalue weighted by Gasteiger charge is 2.21. The number of hydrogen-bond acceptors (Lipinski definition) is 6. The number of hydrogen-bond donors (Lipinski definition) is 1. The summed E-state index contributed by atoms with van der Waals surface area (Å²) in [6.07, 6.45) is 2.27. The third-order valence-electron chi connectivity index (χ3n) is 4.65. The quantitative estimate of drug-likeness (QED) is 0.885. The molecule has 0 spiro atoms. The van der Waals surface area contributed by atoms with E-state index in [0.29, 0.717) is 13.0 Å². The standard InChI is InChI=1S/C19H22N4O3/c24-19(6-8-20-15-4-5-16-17(13-15)26-14-25-16)23-11-9-22(10-12-23)18-3-1-2-7-21-18/h1-5,7,13,20H,6,8-12,14H2. The number of nitrogens with one attached hydrogen (secondary N) is 1. The third kappa shape index (κ3) is 3.66. The maximum atomic E-state index is 12.4. The lowest BCUT2D eigenvalue weighted by molar-refractivity contribution is -0.131. The molecule has 1 N–H and O–H groups in total. The summed E-state index contributed by atoms with van der Waals surface area (Å²) >= 11 is 0. The first-order chi connectivity index (χ1) is 12.8. The Bertz CT molecular complexity index is 761. The van der Waals surface area contributed by atoms with Gasteiger partial charge in [-0.3, -0.25) is 4.79 Å². The van der Waals surface area contributed by atoms with Crippen molar-refractivity contribution < 1.29 is 14.3 Å². The third-order valence-corrected chi connectivity index (χ3v) is 4.65. The predicted molar refractivity (Wildman–Crippen MR) is 98.7 cm³/mol. The van der Waals surface area contributed by atoms with E-state index in [1.807, 2.05) is 41.3 Å². The number of piperazine rings is 1. The summed E-state index contributed by atoms with van der Waals surface area (Å²) in [5, 5.41) is 3.28. The van der Waals surface area contributed by atoms with E-state index in [-0.39, 0.29) is 12.7 Å². The van der Waals surface area contributed by atoms with Crippen molar-refractivity contribution in [2.75, 3.05) is 49.7 Å². The van der Waals surface area contributed by atoms with Crippen LogP contribution in [0.1, 0.15) is 6.42 Å². The molecular formula is C19H22N4O3. The average molecular weight is 354 g/mol. The molecule has 2 aromatic rings. The van der Waals surface area contributed by atoms with Crippen LogP contribution < -0.4 is 19.7 Å². The lowest BCUT2D eigenvalue weighted by atomic mass is 10.2. The minimum atomic E-state index is 0.180.